The molecule has 0 saturated carbocycles. The van der Waals surface area contributed by atoms with Crippen LogP contribution in [0.3, 0.4) is 0 Å². The number of rotatable bonds is 6. The molecule has 0 spiro atoms. The molecule has 0 radical (unpaired) electrons. The van der Waals surface area contributed by atoms with Crippen LogP contribution in [0.4, 0.5) is 5.82 Å². The molecule has 0 aliphatic carbocycles. The molecule has 0 bridgehead atoms. The monoisotopic (exact) mass is 326 g/mol. The van der Waals surface area contributed by atoms with Crippen molar-refractivity contribution in [3.8, 4) is 0 Å². The van der Waals surface area contributed by atoms with Gasteiger partial charge in [0, 0.05) is 46.0 Å². The standard InChI is InChI=1S/C15H23ClN4O2/c1-12(15(21)18-14-4-3-13(16)11-17-14)20-7-5-19(6-8-20)9-10-22-2/h3-4,11-12H,5-10H2,1-2H3,(H,17,18,21)/t12-/m1/s1. The number of anilines is 1. The fraction of sp³-hybridized carbons (Fsp3) is 0.600. The maximum atomic E-state index is 12.3. The first-order chi connectivity index (χ1) is 10.6. The zero-order chi connectivity index (χ0) is 15.9. The molecule has 1 aliphatic rings. The van der Waals surface area contributed by atoms with Gasteiger partial charge in [-0.25, -0.2) is 4.98 Å². The summed E-state index contributed by atoms with van der Waals surface area (Å²) in [6, 6.07) is 3.24. The van der Waals surface area contributed by atoms with Gasteiger partial charge in [-0.3, -0.25) is 14.6 Å². The van der Waals surface area contributed by atoms with Crippen molar-refractivity contribution in [2.75, 3.05) is 51.8 Å². The first kappa shape index (κ1) is 17.1. The van der Waals surface area contributed by atoms with Crippen molar-refractivity contribution in [3.05, 3.63) is 23.4 Å². The molecule has 1 atom stereocenters. The SMILES string of the molecule is COCCN1CCN([C@H](C)C(=O)Nc2ccc(Cl)cn2)CC1. The Morgan fingerprint density at radius 2 is 2.14 bits per heavy atom. The minimum Gasteiger partial charge on any atom is -0.383 e. The van der Waals surface area contributed by atoms with Crippen LogP contribution in [0.1, 0.15) is 6.92 Å². The number of nitrogens with one attached hydrogen (secondary N) is 1. The first-order valence-electron chi connectivity index (χ1n) is 7.48. The highest BCUT2D eigenvalue weighted by atomic mass is 35.5. The summed E-state index contributed by atoms with van der Waals surface area (Å²) in [4.78, 5) is 20.9. The lowest BCUT2D eigenvalue weighted by molar-refractivity contribution is -0.121. The summed E-state index contributed by atoms with van der Waals surface area (Å²) in [7, 11) is 1.72. The summed E-state index contributed by atoms with van der Waals surface area (Å²) in [5.74, 6) is 0.486. The van der Waals surface area contributed by atoms with E-state index in [2.05, 4.69) is 20.1 Å². The molecule has 1 amide bonds. The summed E-state index contributed by atoms with van der Waals surface area (Å²) >= 11 is 5.79. The predicted molar refractivity (Wildman–Crippen MR) is 87.2 cm³/mol. The highest BCUT2D eigenvalue weighted by Gasteiger charge is 2.25. The lowest BCUT2D eigenvalue weighted by Crippen LogP contribution is -2.53. The molecule has 1 saturated heterocycles. The molecule has 1 aromatic rings. The van der Waals surface area contributed by atoms with Gasteiger partial charge in [0.05, 0.1) is 17.7 Å². The lowest BCUT2D eigenvalue weighted by atomic mass is 10.2. The highest BCUT2D eigenvalue weighted by molar-refractivity contribution is 6.30. The van der Waals surface area contributed by atoms with Crippen molar-refractivity contribution in [2.45, 2.75) is 13.0 Å². The largest absolute Gasteiger partial charge is 0.383 e. The normalized spacial score (nSPS) is 18.1. The summed E-state index contributed by atoms with van der Waals surface area (Å²) in [5.41, 5.74) is 0. The van der Waals surface area contributed by atoms with E-state index in [-0.39, 0.29) is 11.9 Å². The number of aromatic nitrogens is 1. The Labute approximate surface area is 136 Å². The summed E-state index contributed by atoms with van der Waals surface area (Å²) in [5, 5.41) is 3.38. The predicted octanol–water partition coefficient (Wildman–Crippen LogP) is 1.33. The van der Waals surface area contributed by atoms with Crippen molar-refractivity contribution < 1.29 is 9.53 Å². The second-order valence-corrected chi connectivity index (χ2v) is 5.83. The van der Waals surface area contributed by atoms with Crippen LogP contribution in [-0.2, 0) is 9.53 Å². The van der Waals surface area contributed by atoms with E-state index >= 15 is 0 Å². The molecule has 1 aromatic heterocycles. The number of nitrogens with zero attached hydrogens (tertiary/aromatic N) is 3. The van der Waals surface area contributed by atoms with Crippen molar-refractivity contribution in [1.82, 2.24) is 14.8 Å². The van der Waals surface area contributed by atoms with Crippen LogP contribution in [0.25, 0.3) is 0 Å². The van der Waals surface area contributed by atoms with Gasteiger partial charge in [0.25, 0.3) is 0 Å². The average Bonchev–Trinajstić information content (AvgIpc) is 2.55. The van der Waals surface area contributed by atoms with Crippen molar-refractivity contribution in [2.24, 2.45) is 0 Å². The minimum atomic E-state index is -0.179. The lowest BCUT2D eigenvalue weighted by Gasteiger charge is -2.37. The molecule has 1 aliphatic heterocycles. The number of halogens is 1. The fourth-order valence-electron chi connectivity index (χ4n) is 2.44. The van der Waals surface area contributed by atoms with Crippen molar-refractivity contribution in [1.29, 1.82) is 0 Å². The molecule has 122 valence electrons. The zero-order valence-corrected chi connectivity index (χ0v) is 13.8. The number of ether oxygens (including phenoxy) is 1. The van der Waals surface area contributed by atoms with Crippen LogP contribution in [0.5, 0.6) is 0 Å². The molecule has 22 heavy (non-hydrogen) atoms. The molecule has 1 N–H and O–H groups in total. The molecule has 6 nitrogen and oxygen atoms in total. The van der Waals surface area contributed by atoms with Crippen LogP contribution in [0.2, 0.25) is 5.02 Å². The van der Waals surface area contributed by atoms with Gasteiger partial charge in [-0.2, -0.15) is 0 Å². The summed E-state index contributed by atoms with van der Waals surface area (Å²) in [6.45, 7) is 7.30. The van der Waals surface area contributed by atoms with Gasteiger partial charge in [0.1, 0.15) is 5.82 Å². The Bertz CT molecular complexity index is 475. The van der Waals surface area contributed by atoms with Crippen molar-refractivity contribution >= 4 is 23.3 Å². The van der Waals surface area contributed by atoms with E-state index in [4.69, 9.17) is 16.3 Å². The second-order valence-electron chi connectivity index (χ2n) is 5.40. The van der Waals surface area contributed by atoms with Crippen LogP contribution in [0, 0.1) is 0 Å². The Balaban J connectivity index is 1.80. The summed E-state index contributed by atoms with van der Waals surface area (Å²) in [6.07, 6.45) is 1.52. The smallest absolute Gasteiger partial charge is 0.242 e. The number of hydrogen-bond donors (Lipinski definition) is 1. The molecular formula is C15H23ClN4O2. The summed E-state index contributed by atoms with van der Waals surface area (Å²) < 4.78 is 5.10. The molecule has 1 fully saturated rings. The van der Waals surface area contributed by atoms with Gasteiger partial charge >= 0.3 is 0 Å². The van der Waals surface area contributed by atoms with Crippen LogP contribution >= 0.6 is 11.6 Å². The third-order valence-electron chi connectivity index (χ3n) is 3.92. The van der Waals surface area contributed by atoms with E-state index in [1.807, 2.05) is 6.92 Å². The van der Waals surface area contributed by atoms with E-state index < -0.39 is 0 Å². The van der Waals surface area contributed by atoms with Crippen LogP contribution in [0.15, 0.2) is 18.3 Å². The maximum Gasteiger partial charge on any atom is 0.242 e. The molecule has 2 heterocycles. The first-order valence-corrected chi connectivity index (χ1v) is 7.85. The van der Waals surface area contributed by atoms with E-state index in [9.17, 15) is 4.79 Å². The van der Waals surface area contributed by atoms with Gasteiger partial charge < -0.3 is 10.1 Å². The Morgan fingerprint density at radius 3 is 2.73 bits per heavy atom. The van der Waals surface area contributed by atoms with Crippen LogP contribution in [-0.4, -0.2) is 73.2 Å². The van der Waals surface area contributed by atoms with Gasteiger partial charge in [-0.1, -0.05) is 11.6 Å². The van der Waals surface area contributed by atoms with E-state index in [1.165, 1.54) is 6.20 Å². The topological polar surface area (TPSA) is 57.7 Å². The number of piperazine rings is 1. The Hall–Kier alpha value is -1.21. The number of carbonyl (C=O) groups is 1. The third kappa shape index (κ3) is 4.91. The number of methoxy groups -OCH3 is 1. The number of carbonyl (C=O) groups excluding carboxylic acids is 1. The average molecular weight is 327 g/mol. The zero-order valence-electron chi connectivity index (χ0n) is 13.1. The van der Waals surface area contributed by atoms with Crippen LogP contribution < -0.4 is 5.32 Å². The van der Waals surface area contributed by atoms with E-state index in [1.54, 1.807) is 19.2 Å². The number of pyridine rings is 1. The minimum absolute atomic E-state index is 0.0415. The van der Waals surface area contributed by atoms with E-state index in [0.717, 1.165) is 39.3 Å². The molecular weight excluding hydrogens is 304 g/mol. The molecule has 0 unspecified atom stereocenters. The maximum absolute atomic E-state index is 12.3. The highest BCUT2D eigenvalue weighted by Crippen LogP contribution is 2.12. The third-order valence-corrected chi connectivity index (χ3v) is 4.15. The quantitative estimate of drug-likeness (QED) is 0.854. The van der Waals surface area contributed by atoms with Gasteiger partial charge in [0.15, 0.2) is 0 Å². The van der Waals surface area contributed by atoms with Gasteiger partial charge in [0.2, 0.25) is 5.91 Å². The second kappa shape index (κ2) is 8.43. The molecule has 7 heteroatoms. The molecule has 0 aromatic carbocycles. The Kier molecular flexibility index (Phi) is 6.57. The van der Waals surface area contributed by atoms with E-state index in [0.29, 0.717) is 10.8 Å². The van der Waals surface area contributed by atoms with Gasteiger partial charge in [-0.05, 0) is 19.1 Å². The number of hydrogen-bond acceptors (Lipinski definition) is 5. The Morgan fingerprint density at radius 1 is 1.41 bits per heavy atom. The number of amides is 1. The van der Waals surface area contributed by atoms with Gasteiger partial charge in [-0.15, -0.1) is 0 Å². The van der Waals surface area contributed by atoms with Crippen molar-refractivity contribution in [3.63, 3.8) is 0 Å². The fourth-order valence-corrected chi connectivity index (χ4v) is 2.55. The molecule has 2 rings (SSSR count).